The van der Waals surface area contributed by atoms with Gasteiger partial charge in [0.2, 0.25) is 0 Å². The van der Waals surface area contributed by atoms with E-state index in [2.05, 4.69) is 32.3 Å². The monoisotopic (exact) mass is 313 g/mol. The molecule has 1 aromatic carbocycles. The fourth-order valence-corrected chi connectivity index (χ4v) is 2.59. The summed E-state index contributed by atoms with van der Waals surface area (Å²) in [6.07, 6.45) is 3.18. The van der Waals surface area contributed by atoms with Crippen LogP contribution in [0.1, 0.15) is 23.2 Å². The maximum absolute atomic E-state index is 9.23. The molecule has 0 amide bonds. The molecule has 0 fully saturated rings. The predicted molar refractivity (Wildman–Crippen MR) is 78.4 cm³/mol. The number of nitrogens with zero attached hydrogens (tertiary/aromatic N) is 2. The number of halogens is 1. The Morgan fingerprint density at radius 1 is 1.21 bits per heavy atom. The van der Waals surface area contributed by atoms with Crippen LogP contribution in [0.2, 0.25) is 0 Å². The highest BCUT2D eigenvalue weighted by molar-refractivity contribution is 9.10. The standard InChI is InChI=1S/C15H12BrN3/c16-12-4-6-13(7-5-12)18-15-11(9-17)8-10-2-1-3-14(10)19-15/h4-8H,1-3H2,(H,18,19). The van der Waals surface area contributed by atoms with Crippen molar-refractivity contribution in [1.82, 2.24) is 4.98 Å². The molecular formula is C15H12BrN3. The van der Waals surface area contributed by atoms with Gasteiger partial charge in [0.15, 0.2) is 0 Å². The quantitative estimate of drug-likeness (QED) is 0.913. The van der Waals surface area contributed by atoms with Crippen LogP contribution in [0.25, 0.3) is 0 Å². The van der Waals surface area contributed by atoms with E-state index in [1.807, 2.05) is 30.3 Å². The zero-order valence-electron chi connectivity index (χ0n) is 10.3. The van der Waals surface area contributed by atoms with Gasteiger partial charge in [-0.1, -0.05) is 15.9 Å². The number of fused-ring (bicyclic) bond motifs is 1. The van der Waals surface area contributed by atoms with Crippen molar-refractivity contribution in [2.75, 3.05) is 5.32 Å². The highest BCUT2D eigenvalue weighted by atomic mass is 79.9. The third-order valence-electron chi connectivity index (χ3n) is 3.28. The van der Waals surface area contributed by atoms with Gasteiger partial charge in [-0.05, 0) is 55.2 Å². The highest BCUT2D eigenvalue weighted by Gasteiger charge is 2.16. The normalized spacial score (nSPS) is 12.8. The third-order valence-corrected chi connectivity index (χ3v) is 3.81. The second-order valence-corrected chi connectivity index (χ2v) is 5.50. The van der Waals surface area contributed by atoms with E-state index in [9.17, 15) is 5.26 Å². The minimum absolute atomic E-state index is 0.614. The maximum atomic E-state index is 9.23. The van der Waals surface area contributed by atoms with Crippen LogP contribution in [0.5, 0.6) is 0 Å². The highest BCUT2D eigenvalue weighted by Crippen LogP contribution is 2.27. The van der Waals surface area contributed by atoms with Crippen LogP contribution < -0.4 is 5.32 Å². The Morgan fingerprint density at radius 2 is 2.00 bits per heavy atom. The van der Waals surface area contributed by atoms with Crippen molar-refractivity contribution >= 4 is 27.4 Å². The smallest absolute Gasteiger partial charge is 0.148 e. The second kappa shape index (κ2) is 5.02. The summed E-state index contributed by atoms with van der Waals surface area (Å²) in [5, 5.41) is 12.5. The van der Waals surface area contributed by atoms with Gasteiger partial charge in [0, 0.05) is 15.9 Å². The summed E-state index contributed by atoms with van der Waals surface area (Å²) in [7, 11) is 0. The Hall–Kier alpha value is -1.86. The van der Waals surface area contributed by atoms with E-state index in [1.165, 1.54) is 5.56 Å². The van der Waals surface area contributed by atoms with Crippen molar-refractivity contribution in [2.24, 2.45) is 0 Å². The van der Waals surface area contributed by atoms with Crippen molar-refractivity contribution < 1.29 is 0 Å². The van der Waals surface area contributed by atoms with Gasteiger partial charge < -0.3 is 5.32 Å². The molecule has 94 valence electrons. The lowest BCUT2D eigenvalue weighted by atomic mass is 10.1. The molecule has 0 aliphatic heterocycles. The minimum Gasteiger partial charge on any atom is -0.339 e. The molecule has 0 saturated heterocycles. The third kappa shape index (κ3) is 2.47. The first-order valence-electron chi connectivity index (χ1n) is 6.22. The predicted octanol–water partition coefficient (Wildman–Crippen LogP) is 3.95. The SMILES string of the molecule is N#Cc1cc2c(nc1Nc1ccc(Br)cc1)CCC2. The van der Waals surface area contributed by atoms with Gasteiger partial charge in [-0.2, -0.15) is 5.26 Å². The van der Waals surface area contributed by atoms with Crippen LogP contribution in [-0.4, -0.2) is 4.98 Å². The molecule has 0 bridgehead atoms. The topological polar surface area (TPSA) is 48.7 Å². The molecule has 0 unspecified atom stereocenters. The molecule has 1 aliphatic carbocycles. The van der Waals surface area contributed by atoms with Gasteiger partial charge in [-0.25, -0.2) is 4.98 Å². The number of hydrogen-bond acceptors (Lipinski definition) is 3. The van der Waals surface area contributed by atoms with Gasteiger partial charge in [-0.15, -0.1) is 0 Å². The Labute approximate surface area is 120 Å². The van der Waals surface area contributed by atoms with Crippen molar-refractivity contribution in [2.45, 2.75) is 19.3 Å². The van der Waals surface area contributed by atoms with Crippen LogP contribution >= 0.6 is 15.9 Å². The number of aryl methyl sites for hydroxylation is 2. The Kier molecular flexibility index (Phi) is 3.22. The van der Waals surface area contributed by atoms with Crippen LogP contribution in [0, 0.1) is 11.3 Å². The fraction of sp³-hybridized carbons (Fsp3) is 0.200. The summed E-state index contributed by atoms with van der Waals surface area (Å²) < 4.78 is 1.03. The van der Waals surface area contributed by atoms with E-state index in [4.69, 9.17) is 0 Å². The van der Waals surface area contributed by atoms with E-state index >= 15 is 0 Å². The summed E-state index contributed by atoms with van der Waals surface area (Å²) in [5.74, 6) is 0.658. The van der Waals surface area contributed by atoms with Crippen LogP contribution in [0.15, 0.2) is 34.8 Å². The van der Waals surface area contributed by atoms with E-state index in [-0.39, 0.29) is 0 Å². The molecule has 3 nitrogen and oxygen atoms in total. The zero-order valence-corrected chi connectivity index (χ0v) is 11.9. The molecule has 4 heteroatoms. The fourth-order valence-electron chi connectivity index (χ4n) is 2.32. The van der Waals surface area contributed by atoms with Crippen molar-refractivity contribution in [3.8, 4) is 6.07 Å². The van der Waals surface area contributed by atoms with Gasteiger partial charge in [0.25, 0.3) is 0 Å². The van der Waals surface area contributed by atoms with Gasteiger partial charge >= 0.3 is 0 Å². The lowest BCUT2D eigenvalue weighted by Gasteiger charge is -2.09. The van der Waals surface area contributed by atoms with Crippen molar-refractivity contribution in [3.63, 3.8) is 0 Å². The lowest BCUT2D eigenvalue weighted by molar-refractivity contribution is 0.900. The first kappa shape index (κ1) is 12.2. The summed E-state index contributed by atoms with van der Waals surface area (Å²) in [6, 6.07) is 12.0. The number of nitrogens with one attached hydrogen (secondary N) is 1. The van der Waals surface area contributed by atoms with E-state index in [0.29, 0.717) is 11.4 Å². The zero-order chi connectivity index (χ0) is 13.2. The second-order valence-electron chi connectivity index (χ2n) is 4.59. The van der Waals surface area contributed by atoms with Gasteiger partial charge in [0.05, 0.1) is 5.56 Å². The molecular weight excluding hydrogens is 302 g/mol. The summed E-state index contributed by atoms with van der Waals surface area (Å²) in [6.45, 7) is 0. The number of pyridine rings is 1. The summed E-state index contributed by atoms with van der Waals surface area (Å²) in [4.78, 5) is 4.60. The number of nitriles is 1. The lowest BCUT2D eigenvalue weighted by Crippen LogP contribution is -2.00. The average Bonchev–Trinajstić information content (AvgIpc) is 2.87. The molecule has 0 radical (unpaired) electrons. The van der Waals surface area contributed by atoms with E-state index in [1.54, 1.807) is 0 Å². The summed E-state index contributed by atoms with van der Waals surface area (Å²) >= 11 is 3.40. The molecule has 0 atom stereocenters. The van der Waals surface area contributed by atoms with Gasteiger partial charge in [-0.3, -0.25) is 0 Å². The largest absolute Gasteiger partial charge is 0.339 e. The molecule has 1 aliphatic rings. The van der Waals surface area contributed by atoms with Gasteiger partial charge in [0.1, 0.15) is 11.9 Å². The number of aromatic nitrogens is 1. The molecule has 1 N–H and O–H groups in total. The molecule has 1 heterocycles. The van der Waals surface area contributed by atoms with E-state index in [0.717, 1.165) is 35.1 Å². The molecule has 3 rings (SSSR count). The molecule has 19 heavy (non-hydrogen) atoms. The number of benzene rings is 1. The van der Waals surface area contributed by atoms with Crippen LogP contribution in [0.4, 0.5) is 11.5 Å². The molecule has 1 aromatic heterocycles. The molecule has 0 spiro atoms. The van der Waals surface area contributed by atoms with Crippen LogP contribution in [-0.2, 0) is 12.8 Å². The molecule has 0 saturated carbocycles. The Morgan fingerprint density at radius 3 is 2.74 bits per heavy atom. The van der Waals surface area contributed by atoms with Crippen molar-refractivity contribution in [3.05, 3.63) is 51.6 Å². The molecule has 2 aromatic rings. The first-order valence-corrected chi connectivity index (χ1v) is 7.01. The van der Waals surface area contributed by atoms with Crippen LogP contribution in [0.3, 0.4) is 0 Å². The number of hydrogen-bond donors (Lipinski definition) is 1. The summed E-state index contributed by atoms with van der Waals surface area (Å²) in [5.41, 5.74) is 3.89. The van der Waals surface area contributed by atoms with E-state index < -0.39 is 0 Å². The average molecular weight is 314 g/mol. The van der Waals surface area contributed by atoms with Crippen molar-refractivity contribution in [1.29, 1.82) is 5.26 Å². The number of anilines is 2. The Bertz CT molecular complexity index is 656. The maximum Gasteiger partial charge on any atom is 0.148 e. The number of rotatable bonds is 2. The minimum atomic E-state index is 0.614. The Balaban J connectivity index is 1.96. The first-order chi connectivity index (χ1) is 9.26.